The molecule has 0 spiro atoms. The van der Waals surface area contributed by atoms with Gasteiger partial charge in [-0.1, -0.05) is 23.9 Å². The summed E-state index contributed by atoms with van der Waals surface area (Å²) in [4.78, 5) is 15.3. The molecule has 2 heterocycles. The molecule has 0 radical (unpaired) electrons. The molecular formula is C9H10N4S. The molecule has 0 fully saturated rings. The number of hydrogen-bond donors (Lipinski definition) is 1. The third-order valence-electron chi connectivity index (χ3n) is 1.74. The molecule has 2 aromatic heterocycles. The lowest BCUT2D eigenvalue weighted by Gasteiger charge is -1.97. The van der Waals surface area contributed by atoms with E-state index in [0.29, 0.717) is 0 Å². The summed E-state index contributed by atoms with van der Waals surface area (Å²) in [6.45, 7) is 2.01. The van der Waals surface area contributed by atoms with E-state index in [1.807, 2.05) is 13.0 Å². The summed E-state index contributed by atoms with van der Waals surface area (Å²) in [6.07, 6.45) is 7.30. The number of imidazole rings is 1. The molecule has 0 aliphatic rings. The number of fused-ring (bicyclic) bond motifs is 1. The highest BCUT2D eigenvalue weighted by Gasteiger charge is 2.04. The summed E-state index contributed by atoms with van der Waals surface area (Å²) in [5.74, 6) is 0.918. The number of rotatable bonds is 3. The SMILES string of the molecule is C/C=C\CSc1ncnc2nc[nH]c12. The normalized spacial score (nSPS) is 11.5. The molecule has 2 aromatic rings. The second-order valence-electron chi connectivity index (χ2n) is 2.66. The van der Waals surface area contributed by atoms with Crippen LogP contribution in [0, 0.1) is 0 Å². The van der Waals surface area contributed by atoms with Gasteiger partial charge >= 0.3 is 0 Å². The zero-order valence-electron chi connectivity index (χ0n) is 7.77. The predicted octanol–water partition coefficient (Wildman–Crippen LogP) is 2.02. The number of nitrogens with one attached hydrogen (secondary N) is 1. The van der Waals surface area contributed by atoms with Crippen molar-refractivity contribution in [3.63, 3.8) is 0 Å². The van der Waals surface area contributed by atoms with Gasteiger partial charge in [0.1, 0.15) is 16.9 Å². The fourth-order valence-electron chi connectivity index (χ4n) is 1.08. The molecule has 0 amide bonds. The second-order valence-corrected chi connectivity index (χ2v) is 3.67. The Balaban J connectivity index is 2.27. The maximum atomic E-state index is 4.20. The minimum absolute atomic E-state index is 0.725. The fourth-order valence-corrected chi connectivity index (χ4v) is 1.94. The van der Waals surface area contributed by atoms with E-state index in [1.54, 1.807) is 24.4 Å². The Morgan fingerprint density at radius 1 is 1.43 bits per heavy atom. The monoisotopic (exact) mass is 206 g/mol. The molecule has 72 valence electrons. The van der Waals surface area contributed by atoms with Crippen LogP contribution in [-0.2, 0) is 0 Å². The van der Waals surface area contributed by atoms with Gasteiger partial charge in [0.2, 0.25) is 0 Å². The van der Waals surface area contributed by atoms with E-state index in [2.05, 4.69) is 26.0 Å². The maximum Gasteiger partial charge on any atom is 0.181 e. The molecule has 2 rings (SSSR count). The van der Waals surface area contributed by atoms with Crippen LogP contribution < -0.4 is 0 Å². The van der Waals surface area contributed by atoms with Crippen molar-refractivity contribution in [2.75, 3.05) is 5.75 Å². The Labute approximate surface area is 85.9 Å². The Bertz CT molecular complexity index is 449. The van der Waals surface area contributed by atoms with Gasteiger partial charge in [0, 0.05) is 5.75 Å². The number of aromatic nitrogens is 4. The highest BCUT2D eigenvalue weighted by atomic mass is 32.2. The van der Waals surface area contributed by atoms with Crippen LogP contribution in [-0.4, -0.2) is 25.7 Å². The first-order valence-electron chi connectivity index (χ1n) is 4.30. The zero-order chi connectivity index (χ0) is 9.80. The van der Waals surface area contributed by atoms with Crippen LogP contribution in [0.2, 0.25) is 0 Å². The van der Waals surface area contributed by atoms with Crippen molar-refractivity contribution in [1.29, 1.82) is 0 Å². The van der Waals surface area contributed by atoms with Crippen LogP contribution in [0.1, 0.15) is 6.92 Å². The van der Waals surface area contributed by atoms with Crippen LogP contribution in [0.4, 0.5) is 0 Å². The van der Waals surface area contributed by atoms with Gasteiger partial charge in [0.05, 0.1) is 6.33 Å². The number of thioether (sulfide) groups is 1. The fraction of sp³-hybridized carbons (Fsp3) is 0.222. The zero-order valence-corrected chi connectivity index (χ0v) is 8.58. The average molecular weight is 206 g/mol. The van der Waals surface area contributed by atoms with Gasteiger partial charge < -0.3 is 4.98 Å². The molecule has 0 aromatic carbocycles. The van der Waals surface area contributed by atoms with Gasteiger partial charge in [-0.2, -0.15) is 0 Å². The largest absolute Gasteiger partial charge is 0.341 e. The average Bonchev–Trinajstić information content (AvgIpc) is 2.67. The van der Waals surface area contributed by atoms with Crippen molar-refractivity contribution in [3.8, 4) is 0 Å². The number of aromatic amines is 1. The number of H-pyrrole nitrogens is 1. The quantitative estimate of drug-likeness (QED) is 0.474. The highest BCUT2D eigenvalue weighted by Crippen LogP contribution is 2.21. The van der Waals surface area contributed by atoms with Gasteiger partial charge in [0.15, 0.2) is 5.65 Å². The van der Waals surface area contributed by atoms with E-state index in [-0.39, 0.29) is 0 Å². The molecule has 14 heavy (non-hydrogen) atoms. The Morgan fingerprint density at radius 3 is 3.21 bits per heavy atom. The molecular weight excluding hydrogens is 196 g/mol. The molecule has 4 nitrogen and oxygen atoms in total. The molecule has 5 heteroatoms. The number of hydrogen-bond acceptors (Lipinski definition) is 4. The molecule has 0 aliphatic carbocycles. The highest BCUT2D eigenvalue weighted by molar-refractivity contribution is 7.99. The van der Waals surface area contributed by atoms with Crippen molar-refractivity contribution in [2.45, 2.75) is 11.9 Å². The van der Waals surface area contributed by atoms with Gasteiger partial charge in [0.25, 0.3) is 0 Å². The minimum atomic E-state index is 0.725. The van der Waals surface area contributed by atoms with Gasteiger partial charge in [-0.3, -0.25) is 0 Å². The first kappa shape index (κ1) is 9.21. The summed E-state index contributed by atoms with van der Waals surface area (Å²) in [6, 6.07) is 0. The van der Waals surface area contributed by atoms with E-state index in [4.69, 9.17) is 0 Å². The van der Waals surface area contributed by atoms with E-state index >= 15 is 0 Å². The molecule has 0 unspecified atom stereocenters. The van der Waals surface area contributed by atoms with E-state index in [1.165, 1.54) is 0 Å². The summed E-state index contributed by atoms with van der Waals surface area (Å²) in [5, 5.41) is 0.950. The standard InChI is InChI=1S/C9H10N4S/c1-2-3-4-14-9-7-8(11-5-10-7)12-6-13-9/h2-3,5-6H,4H2,1H3,(H,10,11,12,13)/b3-2-. The Kier molecular flexibility index (Phi) is 2.78. The smallest absolute Gasteiger partial charge is 0.181 e. The third-order valence-corrected chi connectivity index (χ3v) is 2.68. The van der Waals surface area contributed by atoms with Gasteiger partial charge in [-0.25, -0.2) is 15.0 Å². The first-order valence-corrected chi connectivity index (χ1v) is 5.28. The number of allylic oxidation sites excluding steroid dienone is 1. The minimum Gasteiger partial charge on any atom is -0.341 e. The van der Waals surface area contributed by atoms with Crippen molar-refractivity contribution in [2.24, 2.45) is 0 Å². The number of nitrogens with zero attached hydrogens (tertiary/aromatic N) is 3. The summed E-state index contributed by atoms with van der Waals surface area (Å²) < 4.78 is 0. The van der Waals surface area contributed by atoms with Gasteiger partial charge in [-0.15, -0.1) is 0 Å². The molecule has 1 N–H and O–H groups in total. The van der Waals surface area contributed by atoms with E-state index < -0.39 is 0 Å². The predicted molar refractivity (Wildman–Crippen MR) is 57.2 cm³/mol. The topological polar surface area (TPSA) is 54.5 Å². The maximum absolute atomic E-state index is 4.20. The van der Waals surface area contributed by atoms with Crippen LogP contribution in [0.15, 0.2) is 29.8 Å². The van der Waals surface area contributed by atoms with Crippen LogP contribution in [0.5, 0.6) is 0 Å². The lowest BCUT2D eigenvalue weighted by Crippen LogP contribution is -1.86. The molecule has 0 saturated heterocycles. The lowest BCUT2D eigenvalue weighted by atomic mass is 10.6. The lowest BCUT2D eigenvalue weighted by molar-refractivity contribution is 1.09. The Morgan fingerprint density at radius 2 is 2.36 bits per heavy atom. The molecule has 0 atom stereocenters. The van der Waals surface area contributed by atoms with Crippen LogP contribution >= 0.6 is 11.8 Å². The van der Waals surface area contributed by atoms with Crippen molar-refractivity contribution in [3.05, 3.63) is 24.8 Å². The van der Waals surface area contributed by atoms with Crippen molar-refractivity contribution < 1.29 is 0 Å². The summed E-state index contributed by atoms with van der Waals surface area (Å²) in [7, 11) is 0. The first-order chi connectivity index (χ1) is 6.92. The Hall–Kier alpha value is -1.36. The second kappa shape index (κ2) is 4.23. The summed E-state index contributed by atoms with van der Waals surface area (Å²) >= 11 is 1.67. The summed E-state index contributed by atoms with van der Waals surface area (Å²) in [5.41, 5.74) is 1.64. The molecule has 0 saturated carbocycles. The van der Waals surface area contributed by atoms with Crippen molar-refractivity contribution >= 4 is 22.9 Å². The molecule has 0 aliphatic heterocycles. The van der Waals surface area contributed by atoms with E-state index in [9.17, 15) is 0 Å². The third kappa shape index (κ3) is 1.77. The van der Waals surface area contributed by atoms with Crippen LogP contribution in [0.25, 0.3) is 11.2 Å². The van der Waals surface area contributed by atoms with Crippen LogP contribution in [0.3, 0.4) is 0 Å². The van der Waals surface area contributed by atoms with Gasteiger partial charge in [-0.05, 0) is 6.92 Å². The van der Waals surface area contributed by atoms with E-state index in [0.717, 1.165) is 21.9 Å². The van der Waals surface area contributed by atoms with Crippen molar-refractivity contribution in [1.82, 2.24) is 19.9 Å². The molecule has 0 bridgehead atoms.